The van der Waals surface area contributed by atoms with Gasteiger partial charge in [0.1, 0.15) is 28.2 Å². The number of aryl methyl sites for hydroxylation is 1. The van der Waals surface area contributed by atoms with Crippen LogP contribution in [0.3, 0.4) is 0 Å². The first-order valence-corrected chi connectivity index (χ1v) is 13.6. The van der Waals surface area contributed by atoms with E-state index in [1.807, 2.05) is 40.0 Å². The SMILES string of the molecule is COCCCC(NC(=O)OC(C)(C)C)c1cccc(C#Cc2c(N)nc(N(C)C(=O)OC(C)(C)C)c3ncn(C)c23)n1. The van der Waals surface area contributed by atoms with Crippen molar-refractivity contribution in [3.63, 3.8) is 0 Å². The van der Waals surface area contributed by atoms with Crippen LogP contribution < -0.4 is 16.0 Å². The maximum Gasteiger partial charge on any atom is 0.415 e. The van der Waals surface area contributed by atoms with Gasteiger partial charge in [-0.2, -0.15) is 0 Å². The molecule has 0 radical (unpaired) electrons. The number of carbonyl (C=O) groups is 2. The highest BCUT2D eigenvalue weighted by Gasteiger charge is 2.26. The van der Waals surface area contributed by atoms with Crippen molar-refractivity contribution in [1.82, 2.24) is 24.8 Å². The van der Waals surface area contributed by atoms with Gasteiger partial charge in [-0.05, 0) is 72.4 Å². The first-order valence-electron chi connectivity index (χ1n) is 13.6. The van der Waals surface area contributed by atoms with Crippen LogP contribution in [0.4, 0.5) is 21.2 Å². The summed E-state index contributed by atoms with van der Waals surface area (Å²) < 4.78 is 17.9. The zero-order chi connectivity index (χ0) is 31.2. The molecule has 0 aromatic carbocycles. The minimum absolute atomic E-state index is 0.129. The second-order valence-corrected chi connectivity index (χ2v) is 11.8. The van der Waals surface area contributed by atoms with Crippen LogP contribution in [0.15, 0.2) is 24.5 Å². The molecule has 0 spiro atoms. The van der Waals surface area contributed by atoms with Gasteiger partial charge in [-0.25, -0.2) is 24.5 Å². The number of nitrogens with zero attached hydrogens (tertiary/aromatic N) is 5. The lowest BCUT2D eigenvalue weighted by Gasteiger charge is -2.24. The number of carbonyl (C=O) groups excluding carboxylic acids is 2. The maximum atomic E-state index is 12.7. The smallest absolute Gasteiger partial charge is 0.415 e. The summed E-state index contributed by atoms with van der Waals surface area (Å²) in [6, 6.07) is 5.02. The van der Waals surface area contributed by atoms with Crippen LogP contribution in [0, 0.1) is 11.8 Å². The van der Waals surface area contributed by atoms with Crippen LogP contribution in [-0.2, 0) is 21.3 Å². The molecule has 2 amide bonds. The molecule has 3 heterocycles. The summed E-state index contributed by atoms with van der Waals surface area (Å²) >= 11 is 0. The van der Waals surface area contributed by atoms with Crippen LogP contribution in [0.1, 0.15) is 77.4 Å². The molecule has 42 heavy (non-hydrogen) atoms. The Morgan fingerprint density at radius 2 is 1.79 bits per heavy atom. The highest BCUT2D eigenvalue weighted by molar-refractivity contribution is 6.00. The van der Waals surface area contributed by atoms with Crippen LogP contribution >= 0.6 is 0 Å². The topological polar surface area (TPSA) is 147 Å². The summed E-state index contributed by atoms with van der Waals surface area (Å²) in [7, 11) is 4.99. The second kappa shape index (κ2) is 13.1. The summed E-state index contributed by atoms with van der Waals surface area (Å²) in [6.07, 6.45) is 1.79. The number of nitrogens with two attached hydrogens (primary N) is 1. The molecule has 0 aliphatic rings. The summed E-state index contributed by atoms with van der Waals surface area (Å²) in [6.45, 7) is 11.3. The number of pyridine rings is 2. The lowest BCUT2D eigenvalue weighted by Crippen LogP contribution is -2.35. The van der Waals surface area contributed by atoms with Gasteiger partial charge in [0.25, 0.3) is 0 Å². The predicted molar refractivity (Wildman–Crippen MR) is 161 cm³/mol. The predicted octanol–water partition coefficient (Wildman–Crippen LogP) is 4.71. The molecule has 3 rings (SSSR count). The number of amides is 2. The quantitative estimate of drug-likeness (QED) is 0.300. The van der Waals surface area contributed by atoms with Crippen molar-refractivity contribution in [2.75, 3.05) is 31.4 Å². The molecule has 0 saturated carbocycles. The highest BCUT2D eigenvalue weighted by atomic mass is 16.6. The Labute approximate surface area is 246 Å². The van der Waals surface area contributed by atoms with Gasteiger partial charge in [0.2, 0.25) is 0 Å². The Morgan fingerprint density at radius 1 is 1.10 bits per heavy atom. The third-order valence-corrected chi connectivity index (χ3v) is 5.83. The average molecular weight is 580 g/mol. The fourth-order valence-electron chi connectivity index (χ4n) is 4.02. The zero-order valence-electron chi connectivity index (χ0n) is 25.9. The normalized spacial score (nSPS) is 12.3. The van der Waals surface area contributed by atoms with Gasteiger partial charge in [-0.3, -0.25) is 4.90 Å². The number of imidazole rings is 1. The fraction of sp³-hybridized carbons (Fsp3) is 0.500. The van der Waals surface area contributed by atoms with Gasteiger partial charge in [0.15, 0.2) is 5.82 Å². The molecule has 0 aliphatic carbocycles. The lowest BCUT2D eigenvalue weighted by atomic mass is 10.1. The standard InChI is InChI=1S/C30H41N7O5/c1-29(2,3)41-27(38)34-22(14-11-17-40-9)21-13-10-12-19(33-21)15-16-20-24-23(32-18-36(24)7)26(35-25(20)31)37(8)28(39)42-30(4,5)6/h10,12-13,18,22H,11,14,17H2,1-9H3,(H2,31,35)(H,34,38). The third kappa shape index (κ3) is 8.57. The van der Waals surface area contributed by atoms with Gasteiger partial charge < -0.3 is 29.8 Å². The molecule has 1 unspecified atom stereocenters. The van der Waals surface area contributed by atoms with E-state index in [1.165, 1.54) is 4.90 Å². The number of methoxy groups -OCH3 is 1. The molecule has 0 bridgehead atoms. The number of aromatic nitrogens is 4. The van der Waals surface area contributed by atoms with E-state index in [9.17, 15) is 9.59 Å². The molecule has 0 aliphatic heterocycles. The van der Waals surface area contributed by atoms with Crippen molar-refractivity contribution in [3.8, 4) is 11.8 Å². The van der Waals surface area contributed by atoms with Gasteiger partial charge in [-0.1, -0.05) is 12.0 Å². The number of hydrogen-bond donors (Lipinski definition) is 2. The van der Waals surface area contributed by atoms with Crippen LogP contribution in [-0.4, -0.2) is 63.7 Å². The summed E-state index contributed by atoms with van der Waals surface area (Å²) in [5.41, 5.74) is 7.67. The number of hydrogen-bond acceptors (Lipinski definition) is 9. The minimum atomic E-state index is -0.682. The summed E-state index contributed by atoms with van der Waals surface area (Å²) in [5.74, 6) is 6.56. The molecule has 1 atom stereocenters. The van der Waals surface area contributed by atoms with E-state index >= 15 is 0 Å². The number of anilines is 2. The Bertz CT molecular complexity index is 1490. The third-order valence-electron chi connectivity index (χ3n) is 5.83. The number of nitrogen functional groups attached to an aromatic ring is 1. The van der Waals surface area contributed by atoms with Crippen molar-refractivity contribution >= 4 is 34.9 Å². The summed E-state index contributed by atoms with van der Waals surface area (Å²) in [4.78, 5) is 40.2. The minimum Gasteiger partial charge on any atom is -0.444 e. The molecule has 3 aromatic heterocycles. The molecule has 0 fully saturated rings. The molecule has 3 N–H and O–H groups in total. The van der Waals surface area contributed by atoms with Gasteiger partial charge in [0, 0.05) is 27.8 Å². The van der Waals surface area contributed by atoms with E-state index in [1.54, 1.807) is 51.9 Å². The van der Waals surface area contributed by atoms with Gasteiger partial charge in [-0.15, -0.1) is 0 Å². The fourth-order valence-corrected chi connectivity index (χ4v) is 4.02. The highest BCUT2D eigenvalue weighted by Crippen LogP contribution is 2.30. The Kier molecular flexibility index (Phi) is 10.0. The number of ether oxygens (including phenoxy) is 3. The molecular weight excluding hydrogens is 538 g/mol. The first-order chi connectivity index (χ1) is 19.6. The van der Waals surface area contributed by atoms with Crippen molar-refractivity contribution in [2.24, 2.45) is 7.05 Å². The molecule has 12 heteroatoms. The van der Waals surface area contributed by atoms with Crippen molar-refractivity contribution in [1.29, 1.82) is 0 Å². The number of nitrogens with one attached hydrogen (secondary N) is 1. The van der Waals surface area contributed by atoms with Gasteiger partial charge in [0.05, 0.1) is 29.1 Å². The van der Waals surface area contributed by atoms with Crippen molar-refractivity contribution < 1.29 is 23.8 Å². The molecule has 3 aromatic rings. The van der Waals surface area contributed by atoms with E-state index in [4.69, 9.17) is 24.9 Å². The monoisotopic (exact) mass is 579 g/mol. The van der Waals surface area contributed by atoms with E-state index in [0.29, 0.717) is 47.4 Å². The van der Waals surface area contributed by atoms with Crippen LogP contribution in [0.2, 0.25) is 0 Å². The zero-order valence-corrected chi connectivity index (χ0v) is 25.9. The second-order valence-electron chi connectivity index (χ2n) is 11.8. The number of fused-ring (bicyclic) bond motifs is 1. The molecular formula is C30H41N7O5. The average Bonchev–Trinajstić information content (AvgIpc) is 3.26. The number of alkyl carbamates (subject to hydrolysis) is 1. The van der Waals surface area contributed by atoms with Gasteiger partial charge >= 0.3 is 12.2 Å². The van der Waals surface area contributed by atoms with E-state index in [-0.39, 0.29) is 11.6 Å². The van der Waals surface area contributed by atoms with E-state index in [0.717, 1.165) is 0 Å². The van der Waals surface area contributed by atoms with Crippen LogP contribution in [0.25, 0.3) is 11.0 Å². The Morgan fingerprint density at radius 3 is 2.43 bits per heavy atom. The number of rotatable bonds is 7. The van der Waals surface area contributed by atoms with Crippen molar-refractivity contribution in [2.45, 2.75) is 71.6 Å². The van der Waals surface area contributed by atoms with E-state index in [2.05, 4.69) is 27.1 Å². The summed E-state index contributed by atoms with van der Waals surface area (Å²) in [5, 5.41) is 2.92. The Balaban J connectivity index is 1.97. The Hall–Kier alpha value is -4.37. The van der Waals surface area contributed by atoms with Crippen LogP contribution in [0.5, 0.6) is 0 Å². The first kappa shape index (κ1) is 32.1. The van der Waals surface area contributed by atoms with E-state index < -0.39 is 29.4 Å². The molecule has 12 nitrogen and oxygen atoms in total. The maximum absolute atomic E-state index is 12.7. The largest absolute Gasteiger partial charge is 0.444 e. The lowest BCUT2D eigenvalue weighted by molar-refractivity contribution is 0.0495. The molecule has 226 valence electrons. The van der Waals surface area contributed by atoms with Crippen molar-refractivity contribution in [3.05, 3.63) is 41.5 Å². The molecule has 0 saturated heterocycles.